The zero-order valence-electron chi connectivity index (χ0n) is 13.4. The Hall–Kier alpha value is -1.54. The molecule has 0 amide bonds. The molecule has 1 aromatic carbocycles. The third-order valence-electron chi connectivity index (χ3n) is 3.88. The summed E-state index contributed by atoms with van der Waals surface area (Å²) in [7, 11) is 0. The fourth-order valence-corrected chi connectivity index (χ4v) is 2.71. The molecule has 2 heteroatoms. The zero-order valence-corrected chi connectivity index (χ0v) is 13.4. The van der Waals surface area contributed by atoms with E-state index in [9.17, 15) is 0 Å². The Kier molecular flexibility index (Phi) is 6.06. The van der Waals surface area contributed by atoms with Gasteiger partial charge in [-0.05, 0) is 30.9 Å². The zero-order chi connectivity index (χ0) is 15.1. The first kappa shape index (κ1) is 15.8. The molecule has 2 aromatic rings. The third-order valence-corrected chi connectivity index (χ3v) is 3.88. The fraction of sp³-hybridized carbons (Fsp3) is 0.474. The molecule has 0 fully saturated rings. The third kappa shape index (κ3) is 4.47. The molecule has 1 aromatic heterocycles. The van der Waals surface area contributed by atoms with Crippen LogP contribution in [-0.2, 0) is 13.1 Å². The summed E-state index contributed by atoms with van der Waals surface area (Å²) in [5, 5.41) is 4.91. The summed E-state index contributed by atoms with van der Waals surface area (Å²) in [5.74, 6) is 0. The SMILES string of the molecule is C=CCCCCCn1cc(CNC(C)C)c2ccccc21. The van der Waals surface area contributed by atoms with E-state index >= 15 is 0 Å². The maximum absolute atomic E-state index is 3.78. The number of hydrogen-bond acceptors (Lipinski definition) is 1. The summed E-state index contributed by atoms with van der Waals surface area (Å²) in [6, 6.07) is 9.26. The van der Waals surface area contributed by atoms with Crippen LogP contribution in [0, 0.1) is 0 Å². The number of nitrogens with one attached hydrogen (secondary N) is 1. The maximum Gasteiger partial charge on any atom is 0.0483 e. The molecule has 0 saturated heterocycles. The van der Waals surface area contributed by atoms with Crippen LogP contribution in [0.15, 0.2) is 43.1 Å². The molecule has 0 radical (unpaired) electrons. The first-order chi connectivity index (χ1) is 10.2. The van der Waals surface area contributed by atoms with Crippen molar-refractivity contribution < 1.29 is 0 Å². The van der Waals surface area contributed by atoms with Gasteiger partial charge in [0.15, 0.2) is 0 Å². The molecule has 2 rings (SSSR count). The van der Waals surface area contributed by atoms with Crippen LogP contribution in [0.1, 0.15) is 45.1 Å². The quantitative estimate of drug-likeness (QED) is 0.512. The largest absolute Gasteiger partial charge is 0.347 e. The Morgan fingerprint density at radius 1 is 1.19 bits per heavy atom. The van der Waals surface area contributed by atoms with Crippen molar-refractivity contribution in [3.05, 3.63) is 48.7 Å². The fourth-order valence-electron chi connectivity index (χ4n) is 2.71. The van der Waals surface area contributed by atoms with E-state index in [1.807, 2.05) is 6.08 Å². The number of allylic oxidation sites excluding steroid dienone is 1. The highest BCUT2D eigenvalue weighted by Crippen LogP contribution is 2.22. The van der Waals surface area contributed by atoms with Gasteiger partial charge in [0.2, 0.25) is 0 Å². The minimum Gasteiger partial charge on any atom is -0.347 e. The molecule has 0 aliphatic rings. The van der Waals surface area contributed by atoms with Gasteiger partial charge in [-0.25, -0.2) is 0 Å². The Balaban J connectivity index is 2.06. The van der Waals surface area contributed by atoms with Crippen LogP contribution in [-0.4, -0.2) is 10.6 Å². The van der Waals surface area contributed by atoms with Gasteiger partial charge in [0, 0.05) is 36.2 Å². The van der Waals surface area contributed by atoms with Crippen molar-refractivity contribution in [2.24, 2.45) is 0 Å². The van der Waals surface area contributed by atoms with Crippen molar-refractivity contribution in [1.29, 1.82) is 0 Å². The van der Waals surface area contributed by atoms with E-state index in [1.54, 1.807) is 0 Å². The van der Waals surface area contributed by atoms with Crippen molar-refractivity contribution in [2.75, 3.05) is 0 Å². The molecule has 0 atom stereocenters. The standard InChI is InChI=1S/C19H28N2/c1-4-5-6-7-10-13-21-15-17(14-20-16(2)3)18-11-8-9-12-19(18)21/h4,8-9,11-12,15-16,20H,1,5-7,10,13-14H2,2-3H3. The highest BCUT2D eigenvalue weighted by Gasteiger charge is 2.08. The van der Waals surface area contributed by atoms with Crippen molar-refractivity contribution in [3.63, 3.8) is 0 Å². The van der Waals surface area contributed by atoms with E-state index in [0.29, 0.717) is 6.04 Å². The van der Waals surface area contributed by atoms with Crippen LogP contribution in [0.3, 0.4) is 0 Å². The number of nitrogens with zero attached hydrogens (tertiary/aromatic N) is 1. The van der Waals surface area contributed by atoms with Crippen molar-refractivity contribution in [3.8, 4) is 0 Å². The van der Waals surface area contributed by atoms with Gasteiger partial charge in [0.1, 0.15) is 0 Å². The molecule has 0 saturated carbocycles. The van der Waals surface area contributed by atoms with Gasteiger partial charge in [-0.2, -0.15) is 0 Å². The Labute approximate surface area is 128 Å². The molecule has 0 bridgehead atoms. The van der Waals surface area contributed by atoms with Crippen LogP contribution in [0.5, 0.6) is 0 Å². The molecule has 2 nitrogen and oxygen atoms in total. The monoisotopic (exact) mass is 284 g/mol. The van der Waals surface area contributed by atoms with Gasteiger partial charge in [0.05, 0.1) is 0 Å². The number of rotatable bonds is 9. The minimum absolute atomic E-state index is 0.519. The predicted octanol–water partition coefficient (Wildman–Crippen LogP) is 4.89. The molecular formula is C19H28N2. The molecular weight excluding hydrogens is 256 g/mol. The molecule has 21 heavy (non-hydrogen) atoms. The summed E-state index contributed by atoms with van der Waals surface area (Å²) < 4.78 is 2.42. The molecule has 0 aliphatic carbocycles. The Morgan fingerprint density at radius 3 is 2.76 bits per heavy atom. The maximum atomic E-state index is 3.78. The van der Waals surface area contributed by atoms with Gasteiger partial charge in [0.25, 0.3) is 0 Å². The van der Waals surface area contributed by atoms with E-state index in [0.717, 1.165) is 19.5 Å². The number of unbranched alkanes of at least 4 members (excludes halogenated alkanes) is 3. The summed E-state index contributed by atoms with van der Waals surface area (Å²) in [5.41, 5.74) is 2.77. The van der Waals surface area contributed by atoms with E-state index in [-0.39, 0.29) is 0 Å². The first-order valence-electron chi connectivity index (χ1n) is 8.13. The molecule has 1 N–H and O–H groups in total. The van der Waals surface area contributed by atoms with E-state index in [2.05, 4.69) is 60.8 Å². The van der Waals surface area contributed by atoms with Crippen LogP contribution in [0.4, 0.5) is 0 Å². The first-order valence-corrected chi connectivity index (χ1v) is 8.13. The topological polar surface area (TPSA) is 17.0 Å². The van der Waals surface area contributed by atoms with Gasteiger partial charge < -0.3 is 9.88 Å². The predicted molar refractivity (Wildman–Crippen MR) is 92.6 cm³/mol. The number of hydrogen-bond donors (Lipinski definition) is 1. The average molecular weight is 284 g/mol. The number of fused-ring (bicyclic) bond motifs is 1. The number of para-hydroxylation sites is 1. The highest BCUT2D eigenvalue weighted by molar-refractivity contribution is 5.83. The molecule has 0 spiro atoms. The van der Waals surface area contributed by atoms with Crippen molar-refractivity contribution in [1.82, 2.24) is 9.88 Å². The number of aryl methyl sites for hydroxylation is 1. The number of aromatic nitrogens is 1. The van der Waals surface area contributed by atoms with Crippen LogP contribution in [0.2, 0.25) is 0 Å². The molecule has 114 valence electrons. The van der Waals surface area contributed by atoms with Gasteiger partial charge >= 0.3 is 0 Å². The highest BCUT2D eigenvalue weighted by atomic mass is 15.0. The van der Waals surface area contributed by atoms with Crippen molar-refractivity contribution in [2.45, 2.75) is 58.7 Å². The molecule has 1 heterocycles. The number of benzene rings is 1. The summed E-state index contributed by atoms with van der Waals surface area (Å²) >= 11 is 0. The smallest absolute Gasteiger partial charge is 0.0483 e. The van der Waals surface area contributed by atoms with Crippen LogP contribution < -0.4 is 5.32 Å². The second kappa shape index (κ2) is 8.04. The van der Waals surface area contributed by atoms with Crippen LogP contribution >= 0.6 is 0 Å². The lowest BCUT2D eigenvalue weighted by molar-refractivity contribution is 0.582. The van der Waals surface area contributed by atoms with Gasteiger partial charge in [-0.15, -0.1) is 6.58 Å². The second-order valence-corrected chi connectivity index (χ2v) is 6.04. The Bertz CT molecular complexity index is 566. The lowest BCUT2D eigenvalue weighted by atomic mass is 10.1. The lowest BCUT2D eigenvalue weighted by Crippen LogP contribution is -2.21. The normalized spacial score (nSPS) is 11.4. The summed E-state index contributed by atoms with van der Waals surface area (Å²) in [6.45, 7) is 10.2. The van der Waals surface area contributed by atoms with E-state index in [1.165, 1.54) is 35.7 Å². The second-order valence-electron chi connectivity index (χ2n) is 6.04. The average Bonchev–Trinajstić information content (AvgIpc) is 2.83. The minimum atomic E-state index is 0.519. The van der Waals surface area contributed by atoms with E-state index in [4.69, 9.17) is 0 Å². The van der Waals surface area contributed by atoms with Crippen molar-refractivity contribution >= 4 is 10.9 Å². The lowest BCUT2D eigenvalue weighted by Gasteiger charge is -2.06. The molecule has 0 aliphatic heterocycles. The van der Waals surface area contributed by atoms with Gasteiger partial charge in [-0.1, -0.05) is 44.5 Å². The van der Waals surface area contributed by atoms with E-state index < -0.39 is 0 Å². The summed E-state index contributed by atoms with van der Waals surface area (Å²) in [6.07, 6.45) is 9.25. The molecule has 0 unspecified atom stereocenters. The Morgan fingerprint density at radius 2 is 2.00 bits per heavy atom. The van der Waals surface area contributed by atoms with Crippen LogP contribution in [0.25, 0.3) is 10.9 Å². The summed E-state index contributed by atoms with van der Waals surface area (Å²) in [4.78, 5) is 0. The van der Waals surface area contributed by atoms with Gasteiger partial charge in [-0.3, -0.25) is 0 Å².